The van der Waals surface area contributed by atoms with Crippen molar-refractivity contribution in [3.63, 3.8) is 0 Å². The van der Waals surface area contributed by atoms with Gasteiger partial charge in [-0.05, 0) is 43.5 Å². The molecule has 2 aliphatic rings. The van der Waals surface area contributed by atoms with Crippen molar-refractivity contribution < 1.29 is 14.6 Å². The summed E-state index contributed by atoms with van der Waals surface area (Å²) in [6.07, 6.45) is 4.15. The second-order valence-electron chi connectivity index (χ2n) is 7.08. The third-order valence-electron chi connectivity index (χ3n) is 5.34. The summed E-state index contributed by atoms with van der Waals surface area (Å²) < 4.78 is 2.21. The van der Waals surface area contributed by atoms with Crippen LogP contribution in [0.3, 0.4) is 0 Å². The zero-order valence-corrected chi connectivity index (χ0v) is 15.6. The van der Waals surface area contributed by atoms with Crippen LogP contribution in [0, 0.1) is 10.1 Å². The molecule has 1 atom stereocenters. The quantitative estimate of drug-likeness (QED) is 0.493. The molecule has 2 aromatic carbocycles. The number of amidine groups is 1. The molecule has 0 fully saturated rings. The molecule has 0 bridgehead atoms. The van der Waals surface area contributed by atoms with Gasteiger partial charge in [0.05, 0.1) is 11.5 Å². The molecule has 2 heterocycles. The minimum absolute atomic E-state index is 0.0240. The number of hydrogen-bond acceptors (Lipinski definition) is 4. The molecule has 2 aromatic rings. The molecule has 2 aliphatic heterocycles. The third-order valence-corrected chi connectivity index (χ3v) is 5.59. The van der Waals surface area contributed by atoms with Gasteiger partial charge in [0.15, 0.2) is 6.54 Å². The number of hydrogen-bond donors (Lipinski definition) is 1. The van der Waals surface area contributed by atoms with Gasteiger partial charge in [0, 0.05) is 29.1 Å². The number of nitro groups is 1. The van der Waals surface area contributed by atoms with Crippen molar-refractivity contribution in [3.8, 4) is 0 Å². The van der Waals surface area contributed by atoms with E-state index in [-0.39, 0.29) is 5.69 Å². The lowest BCUT2D eigenvalue weighted by molar-refractivity contribution is -0.534. The van der Waals surface area contributed by atoms with Gasteiger partial charge < -0.3 is 5.11 Å². The van der Waals surface area contributed by atoms with Crippen molar-refractivity contribution in [1.29, 1.82) is 0 Å². The number of rotatable bonds is 3. The molecule has 0 spiro atoms. The average molecular weight is 387 g/mol. The first-order chi connectivity index (χ1) is 13.0. The Morgan fingerprint density at radius 2 is 1.93 bits per heavy atom. The monoisotopic (exact) mass is 386 g/mol. The molecule has 7 heteroatoms. The Labute approximate surface area is 162 Å². The SMILES string of the molecule is O=[N+]([O-])c1cccc(C2(O)C[N+]3=C(CCCCC3)N2c2ccc(Cl)cc2)c1. The Kier molecular flexibility index (Phi) is 4.61. The number of halogens is 1. The Morgan fingerprint density at radius 3 is 2.67 bits per heavy atom. The molecule has 140 valence electrons. The Hall–Kier alpha value is -2.44. The second kappa shape index (κ2) is 6.94. The van der Waals surface area contributed by atoms with E-state index in [2.05, 4.69) is 4.58 Å². The fourth-order valence-corrected chi connectivity index (χ4v) is 4.19. The Bertz CT molecular complexity index is 913. The smallest absolute Gasteiger partial charge is 0.275 e. The lowest BCUT2D eigenvalue weighted by Gasteiger charge is -2.29. The number of aliphatic hydroxyl groups is 1. The number of nitro benzene ring substituents is 1. The minimum atomic E-state index is -1.37. The van der Waals surface area contributed by atoms with Crippen molar-refractivity contribution in [2.75, 3.05) is 18.0 Å². The zero-order chi connectivity index (χ0) is 19.0. The highest BCUT2D eigenvalue weighted by molar-refractivity contribution is 6.30. The van der Waals surface area contributed by atoms with Gasteiger partial charge in [-0.2, -0.15) is 4.90 Å². The molecule has 1 unspecified atom stereocenters. The summed E-state index contributed by atoms with van der Waals surface area (Å²) in [5.41, 5.74) is -0.0453. The van der Waals surface area contributed by atoms with Gasteiger partial charge in [-0.3, -0.25) is 14.7 Å². The van der Waals surface area contributed by atoms with E-state index in [4.69, 9.17) is 11.6 Å². The Balaban J connectivity index is 1.84. The lowest BCUT2D eigenvalue weighted by atomic mass is 9.99. The van der Waals surface area contributed by atoms with Crippen molar-refractivity contribution >= 4 is 28.8 Å². The van der Waals surface area contributed by atoms with Gasteiger partial charge in [0.25, 0.3) is 17.2 Å². The van der Waals surface area contributed by atoms with E-state index in [1.807, 2.05) is 17.0 Å². The molecule has 0 saturated carbocycles. The average Bonchev–Trinajstić information content (AvgIpc) is 2.79. The largest absolute Gasteiger partial charge is 0.346 e. The summed E-state index contributed by atoms with van der Waals surface area (Å²) in [5, 5.41) is 23.6. The van der Waals surface area contributed by atoms with E-state index < -0.39 is 10.6 Å². The van der Waals surface area contributed by atoms with Crippen molar-refractivity contribution in [1.82, 2.24) is 0 Å². The van der Waals surface area contributed by atoms with Gasteiger partial charge in [0.1, 0.15) is 5.69 Å². The van der Waals surface area contributed by atoms with E-state index in [0.29, 0.717) is 17.1 Å². The second-order valence-corrected chi connectivity index (χ2v) is 7.52. The number of benzene rings is 2. The first kappa shape index (κ1) is 17.9. The van der Waals surface area contributed by atoms with Crippen LogP contribution in [0.4, 0.5) is 11.4 Å². The molecule has 0 saturated heterocycles. The number of non-ortho nitro benzene ring substituents is 1. The summed E-state index contributed by atoms with van der Waals surface area (Å²) in [6, 6.07) is 13.6. The van der Waals surface area contributed by atoms with Crippen LogP contribution in [-0.2, 0) is 5.72 Å². The van der Waals surface area contributed by atoms with Gasteiger partial charge in [-0.25, -0.2) is 0 Å². The number of anilines is 1. The molecule has 27 heavy (non-hydrogen) atoms. The summed E-state index contributed by atoms with van der Waals surface area (Å²) in [5.74, 6) is 1.06. The summed E-state index contributed by atoms with van der Waals surface area (Å²) >= 11 is 6.05. The van der Waals surface area contributed by atoms with Crippen LogP contribution in [0.1, 0.15) is 31.2 Å². The van der Waals surface area contributed by atoms with Gasteiger partial charge in [0.2, 0.25) is 0 Å². The molecule has 4 rings (SSSR count). The molecular formula is C20H21ClN3O3+. The number of nitrogens with zero attached hydrogens (tertiary/aromatic N) is 3. The van der Waals surface area contributed by atoms with Crippen LogP contribution >= 0.6 is 11.6 Å². The fraction of sp³-hybridized carbons (Fsp3) is 0.350. The van der Waals surface area contributed by atoms with Crippen LogP contribution in [0.5, 0.6) is 0 Å². The predicted molar refractivity (Wildman–Crippen MR) is 104 cm³/mol. The van der Waals surface area contributed by atoms with E-state index >= 15 is 0 Å². The fourth-order valence-electron chi connectivity index (χ4n) is 4.07. The van der Waals surface area contributed by atoms with Gasteiger partial charge in [-0.1, -0.05) is 23.7 Å². The third kappa shape index (κ3) is 3.19. The minimum Gasteiger partial charge on any atom is -0.346 e. The first-order valence-corrected chi connectivity index (χ1v) is 9.51. The molecule has 0 radical (unpaired) electrons. The zero-order valence-electron chi connectivity index (χ0n) is 14.8. The summed E-state index contributed by atoms with van der Waals surface area (Å²) in [6.45, 7) is 1.25. The molecule has 0 aromatic heterocycles. The highest BCUT2D eigenvalue weighted by atomic mass is 35.5. The molecule has 1 N–H and O–H groups in total. The first-order valence-electron chi connectivity index (χ1n) is 9.13. The molecular weight excluding hydrogens is 366 g/mol. The maximum absolute atomic E-state index is 11.8. The van der Waals surface area contributed by atoms with E-state index in [9.17, 15) is 15.2 Å². The van der Waals surface area contributed by atoms with E-state index in [0.717, 1.165) is 43.8 Å². The standard InChI is InChI=1S/C20H21ClN3O3/c21-16-8-10-17(11-9-16)23-19-7-2-1-3-12-22(19)14-20(23,25)15-5-4-6-18(13-15)24(26)27/h4-6,8-11,13,25H,1-3,7,12,14H2/q+1. The van der Waals surface area contributed by atoms with Crippen molar-refractivity contribution in [2.24, 2.45) is 0 Å². The van der Waals surface area contributed by atoms with Crippen LogP contribution in [0.15, 0.2) is 48.5 Å². The topological polar surface area (TPSA) is 69.6 Å². The van der Waals surface area contributed by atoms with Crippen LogP contribution in [0.25, 0.3) is 0 Å². The highest BCUT2D eigenvalue weighted by Gasteiger charge is 2.54. The normalized spacial score (nSPS) is 22.5. The van der Waals surface area contributed by atoms with Gasteiger partial charge >= 0.3 is 0 Å². The molecule has 0 amide bonds. The van der Waals surface area contributed by atoms with Crippen molar-refractivity contribution in [3.05, 3.63) is 69.2 Å². The lowest BCUT2D eigenvalue weighted by Crippen LogP contribution is -2.47. The van der Waals surface area contributed by atoms with Gasteiger partial charge in [-0.15, -0.1) is 0 Å². The van der Waals surface area contributed by atoms with Crippen LogP contribution < -0.4 is 4.90 Å². The van der Waals surface area contributed by atoms with Crippen LogP contribution in [0.2, 0.25) is 5.02 Å². The van der Waals surface area contributed by atoms with Crippen LogP contribution in [-0.4, -0.2) is 33.5 Å². The maximum atomic E-state index is 11.8. The predicted octanol–water partition coefficient (Wildman–Crippen LogP) is 3.90. The summed E-state index contributed by atoms with van der Waals surface area (Å²) in [7, 11) is 0. The molecule has 0 aliphatic carbocycles. The van der Waals surface area contributed by atoms with E-state index in [1.165, 1.54) is 12.1 Å². The molecule has 6 nitrogen and oxygen atoms in total. The highest BCUT2D eigenvalue weighted by Crippen LogP contribution is 2.39. The van der Waals surface area contributed by atoms with Crippen molar-refractivity contribution in [2.45, 2.75) is 31.4 Å². The van der Waals surface area contributed by atoms with E-state index in [1.54, 1.807) is 24.3 Å². The maximum Gasteiger partial charge on any atom is 0.275 e. The Morgan fingerprint density at radius 1 is 1.15 bits per heavy atom. The summed E-state index contributed by atoms with van der Waals surface area (Å²) in [4.78, 5) is 12.7.